The smallest absolute Gasteiger partial charge is 0.290 e. The average molecular weight is 304 g/mol. The monoisotopic (exact) mass is 303 g/mol. The fourth-order valence-corrected chi connectivity index (χ4v) is 1.86. The molecule has 0 aliphatic rings. The zero-order valence-electron chi connectivity index (χ0n) is 10.7. The van der Waals surface area contributed by atoms with Crippen LogP contribution in [0.15, 0.2) is 51.6 Å². The molecule has 3 aromatic rings. The molecule has 0 saturated carbocycles. The van der Waals surface area contributed by atoms with Crippen LogP contribution in [0.25, 0.3) is 11.3 Å². The summed E-state index contributed by atoms with van der Waals surface area (Å²) in [6, 6.07) is 10.4. The summed E-state index contributed by atoms with van der Waals surface area (Å²) in [6.07, 6.45) is 1.41. The predicted molar refractivity (Wildman–Crippen MR) is 74.6 cm³/mol. The lowest BCUT2D eigenvalue weighted by Gasteiger charge is -1.97. The lowest BCUT2D eigenvalue weighted by molar-refractivity contribution is 0.0913. The highest BCUT2D eigenvalue weighted by Crippen LogP contribution is 2.22. The Hall–Kier alpha value is -2.60. The van der Waals surface area contributed by atoms with Gasteiger partial charge in [-0.15, -0.1) is 0 Å². The molecular weight excluding hydrogens is 294 g/mol. The molecule has 7 heteroatoms. The second-order valence-electron chi connectivity index (χ2n) is 4.25. The highest BCUT2D eigenvalue weighted by atomic mass is 35.5. The minimum atomic E-state index is -0.358. The lowest BCUT2D eigenvalue weighted by Crippen LogP contribution is -2.22. The summed E-state index contributed by atoms with van der Waals surface area (Å²) in [7, 11) is 0. The van der Waals surface area contributed by atoms with Crippen molar-refractivity contribution in [2.24, 2.45) is 0 Å². The van der Waals surface area contributed by atoms with Crippen molar-refractivity contribution in [3.05, 3.63) is 59.1 Å². The van der Waals surface area contributed by atoms with E-state index in [9.17, 15) is 4.79 Å². The van der Waals surface area contributed by atoms with Gasteiger partial charge in [0.05, 0.1) is 12.7 Å². The van der Waals surface area contributed by atoms with Gasteiger partial charge in [-0.2, -0.15) is 0 Å². The van der Waals surface area contributed by atoms with Crippen LogP contribution in [-0.4, -0.2) is 16.2 Å². The van der Waals surface area contributed by atoms with Gasteiger partial charge in [0.1, 0.15) is 5.69 Å². The summed E-state index contributed by atoms with van der Waals surface area (Å²) in [4.78, 5) is 11.7. The van der Waals surface area contributed by atoms with Crippen LogP contribution in [0.5, 0.6) is 0 Å². The molecule has 1 aromatic carbocycles. The second kappa shape index (κ2) is 5.80. The van der Waals surface area contributed by atoms with Crippen molar-refractivity contribution >= 4 is 17.5 Å². The minimum absolute atomic E-state index is 0.149. The van der Waals surface area contributed by atoms with Crippen LogP contribution in [0.3, 0.4) is 0 Å². The number of carbonyl (C=O) groups excluding carboxylic acids is 1. The highest BCUT2D eigenvalue weighted by molar-refractivity contribution is 6.30. The quantitative estimate of drug-likeness (QED) is 0.801. The van der Waals surface area contributed by atoms with Crippen LogP contribution in [0, 0.1) is 0 Å². The lowest BCUT2D eigenvalue weighted by atomic mass is 10.1. The average Bonchev–Trinajstić information content (AvgIpc) is 3.17. The summed E-state index contributed by atoms with van der Waals surface area (Å²) >= 11 is 5.83. The molecule has 6 nitrogen and oxygen atoms in total. The van der Waals surface area contributed by atoms with Gasteiger partial charge in [0.2, 0.25) is 5.76 Å². The Bertz CT molecular complexity index is 735. The van der Waals surface area contributed by atoms with Crippen LogP contribution < -0.4 is 5.32 Å². The molecule has 3 rings (SSSR count). The number of carbonyl (C=O) groups is 1. The molecule has 0 radical (unpaired) electrons. The van der Waals surface area contributed by atoms with Gasteiger partial charge in [-0.3, -0.25) is 4.79 Å². The first-order valence-corrected chi connectivity index (χ1v) is 6.50. The molecular formula is C14H10ClN3O3. The number of hydrogen-bond acceptors (Lipinski definition) is 5. The second-order valence-corrected chi connectivity index (χ2v) is 4.69. The van der Waals surface area contributed by atoms with Crippen LogP contribution >= 0.6 is 11.6 Å². The van der Waals surface area contributed by atoms with Crippen LogP contribution in [0.4, 0.5) is 0 Å². The van der Waals surface area contributed by atoms with Gasteiger partial charge in [0, 0.05) is 22.7 Å². The molecule has 21 heavy (non-hydrogen) atoms. The van der Waals surface area contributed by atoms with E-state index in [2.05, 4.69) is 15.6 Å². The molecule has 0 aliphatic carbocycles. The van der Waals surface area contributed by atoms with E-state index in [-0.39, 0.29) is 18.2 Å². The van der Waals surface area contributed by atoms with Crippen molar-refractivity contribution in [3.63, 3.8) is 0 Å². The van der Waals surface area contributed by atoms with Crippen molar-refractivity contribution in [2.45, 2.75) is 6.54 Å². The van der Waals surface area contributed by atoms with Crippen LogP contribution in [0.2, 0.25) is 5.02 Å². The largest absolute Gasteiger partial charge is 0.356 e. The van der Waals surface area contributed by atoms with Crippen molar-refractivity contribution in [3.8, 4) is 11.3 Å². The number of nitrogens with one attached hydrogen (secondary N) is 1. The fourth-order valence-electron chi connectivity index (χ4n) is 1.74. The summed E-state index contributed by atoms with van der Waals surface area (Å²) in [5, 5.41) is 10.7. The van der Waals surface area contributed by atoms with E-state index in [4.69, 9.17) is 20.6 Å². The summed E-state index contributed by atoms with van der Waals surface area (Å²) in [6.45, 7) is 0.233. The maximum Gasteiger partial charge on any atom is 0.290 e. The summed E-state index contributed by atoms with van der Waals surface area (Å²) in [5.41, 5.74) is 1.47. The molecule has 0 unspecified atom stereocenters. The van der Waals surface area contributed by atoms with E-state index >= 15 is 0 Å². The minimum Gasteiger partial charge on any atom is -0.356 e. The number of amides is 1. The van der Waals surface area contributed by atoms with Gasteiger partial charge in [-0.25, -0.2) is 0 Å². The maximum atomic E-state index is 11.7. The molecule has 0 aliphatic heterocycles. The molecule has 2 aromatic heterocycles. The SMILES string of the molecule is O=C(NCc1cc(-c2ccc(Cl)cc2)on1)c1ccno1. The molecule has 0 saturated heterocycles. The molecule has 1 N–H and O–H groups in total. The number of halogens is 1. The Kier molecular flexibility index (Phi) is 3.70. The van der Waals surface area contributed by atoms with E-state index in [0.717, 1.165) is 5.56 Å². The Labute approximate surface area is 124 Å². The first-order valence-electron chi connectivity index (χ1n) is 6.13. The van der Waals surface area contributed by atoms with E-state index in [1.165, 1.54) is 12.3 Å². The summed E-state index contributed by atoms with van der Waals surface area (Å²) in [5.74, 6) is 0.399. The van der Waals surface area contributed by atoms with Crippen molar-refractivity contribution in [1.82, 2.24) is 15.6 Å². The topological polar surface area (TPSA) is 81.2 Å². The van der Waals surface area contributed by atoms with Gasteiger partial charge in [-0.1, -0.05) is 21.9 Å². The standard InChI is InChI=1S/C14H10ClN3O3/c15-10-3-1-9(2-4-10)13-7-11(18-21-13)8-16-14(19)12-5-6-17-20-12/h1-7H,8H2,(H,16,19). The molecule has 106 valence electrons. The van der Waals surface area contributed by atoms with E-state index in [1.807, 2.05) is 12.1 Å². The first-order chi connectivity index (χ1) is 10.2. The third-order valence-electron chi connectivity index (χ3n) is 2.78. The highest BCUT2D eigenvalue weighted by Gasteiger charge is 2.11. The number of nitrogens with zero attached hydrogens (tertiary/aromatic N) is 2. The Morgan fingerprint density at radius 1 is 1.19 bits per heavy atom. The Morgan fingerprint density at radius 2 is 2.00 bits per heavy atom. The predicted octanol–water partition coefficient (Wildman–Crippen LogP) is 2.91. The van der Waals surface area contributed by atoms with E-state index in [1.54, 1.807) is 18.2 Å². The van der Waals surface area contributed by atoms with E-state index < -0.39 is 0 Å². The van der Waals surface area contributed by atoms with Gasteiger partial charge in [-0.05, 0) is 24.3 Å². The number of benzene rings is 1. The molecule has 2 heterocycles. The Balaban J connectivity index is 1.65. The van der Waals surface area contributed by atoms with Crippen molar-refractivity contribution < 1.29 is 13.8 Å². The summed E-state index contributed by atoms with van der Waals surface area (Å²) < 4.78 is 9.98. The normalized spacial score (nSPS) is 10.5. The van der Waals surface area contributed by atoms with Crippen LogP contribution in [0.1, 0.15) is 16.2 Å². The van der Waals surface area contributed by atoms with Crippen LogP contribution in [-0.2, 0) is 6.54 Å². The first kappa shape index (κ1) is 13.4. The van der Waals surface area contributed by atoms with Crippen molar-refractivity contribution in [2.75, 3.05) is 0 Å². The fraction of sp³-hybridized carbons (Fsp3) is 0.0714. The van der Waals surface area contributed by atoms with Gasteiger partial charge < -0.3 is 14.4 Å². The van der Waals surface area contributed by atoms with E-state index in [0.29, 0.717) is 16.5 Å². The third kappa shape index (κ3) is 3.11. The van der Waals surface area contributed by atoms with Gasteiger partial charge >= 0.3 is 0 Å². The zero-order chi connectivity index (χ0) is 14.7. The number of rotatable bonds is 4. The number of aromatic nitrogens is 2. The zero-order valence-corrected chi connectivity index (χ0v) is 11.5. The molecule has 0 atom stereocenters. The molecule has 0 bridgehead atoms. The third-order valence-corrected chi connectivity index (χ3v) is 3.03. The van der Waals surface area contributed by atoms with Crippen molar-refractivity contribution in [1.29, 1.82) is 0 Å². The molecule has 0 fully saturated rings. The maximum absolute atomic E-state index is 11.7. The molecule has 1 amide bonds. The number of hydrogen-bond donors (Lipinski definition) is 1. The Morgan fingerprint density at radius 3 is 2.71 bits per heavy atom. The molecule has 0 spiro atoms. The van der Waals surface area contributed by atoms with Gasteiger partial charge in [0.15, 0.2) is 5.76 Å². The van der Waals surface area contributed by atoms with Gasteiger partial charge in [0.25, 0.3) is 5.91 Å².